The number of amides is 2. The largest absolute Gasteiger partial charge is 0.351 e. The summed E-state index contributed by atoms with van der Waals surface area (Å²) in [5, 5.41) is 6.18. The van der Waals surface area contributed by atoms with Crippen molar-refractivity contribution in [2.45, 2.75) is 55.7 Å². The van der Waals surface area contributed by atoms with Crippen molar-refractivity contribution in [2.24, 2.45) is 23.2 Å². The highest BCUT2D eigenvalue weighted by Gasteiger charge is 2.41. The van der Waals surface area contributed by atoms with Crippen LogP contribution in [0.4, 0.5) is 5.69 Å². The van der Waals surface area contributed by atoms with Crippen LogP contribution in [0.15, 0.2) is 52.3 Å². The smallest absolute Gasteiger partial charge is 0.256 e. The first-order valence-corrected chi connectivity index (χ1v) is 12.2. The number of rotatable bonds is 3. The van der Waals surface area contributed by atoms with Crippen LogP contribution in [0.5, 0.6) is 0 Å². The van der Waals surface area contributed by atoms with Gasteiger partial charge in [0, 0.05) is 21.9 Å². The molecule has 2 amide bonds. The van der Waals surface area contributed by atoms with Crippen molar-refractivity contribution in [1.29, 1.82) is 0 Å². The SMILES string of the molecule is CC1CC2CC(C1)CC(C)(CNC(=O)c1ccc3c(c1)NC(=O)c1ccccc1S3)C2. The van der Waals surface area contributed by atoms with E-state index in [0.717, 1.165) is 34.1 Å². The lowest BCUT2D eigenvalue weighted by atomic mass is 9.59. The second-order valence-electron chi connectivity index (χ2n) is 10.2. The highest BCUT2D eigenvalue weighted by molar-refractivity contribution is 7.99. The average molecular weight is 435 g/mol. The highest BCUT2D eigenvalue weighted by Crippen LogP contribution is 2.50. The molecule has 5 heteroatoms. The fraction of sp³-hybridized carbons (Fsp3) is 0.462. The standard InChI is InChI=1S/C26H30N2O2S/c1-16-9-17-11-18(10-16)14-26(2,13-17)15-27-24(29)19-7-8-23-21(12-19)28-25(30)20-5-3-4-6-22(20)31-23/h3-8,12,16-18H,9-11,13-15H2,1-2H3,(H,27,29)(H,28,30). The maximum Gasteiger partial charge on any atom is 0.256 e. The first kappa shape index (κ1) is 20.6. The normalized spacial score (nSPS) is 29.2. The van der Waals surface area contributed by atoms with E-state index in [1.54, 1.807) is 17.8 Å². The summed E-state index contributed by atoms with van der Waals surface area (Å²) in [6.45, 7) is 5.45. The molecule has 2 fully saturated rings. The predicted octanol–water partition coefficient (Wildman–Crippen LogP) is 5.99. The average Bonchev–Trinajstić information content (AvgIpc) is 2.86. The van der Waals surface area contributed by atoms with Gasteiger partial charge in [0.05, 0.1) is 11.3 Å². The molecule has 31 heavy (non-hydrogen) atoms. The molecule has 0 spiro atoms. The zero-order valence-electron chi connectivity index (χ0n) is 18.2. The summed E-state index contributed by atoms with van der Waals surface area (Å²) in [5.74, 6) is 2.28. The van der Waals surface area contributed by atoms with Gasteiger partial charge in [-0.25, -0.2) is 0 Å². The van der Waals surface area contributed by atoms with E-state index in [0.29, 0.717) is 16.8 Å². The number of hydrogen-bond donors (Lipinski definition) is 2. The zero-order valence-corrected chi connectivity index (χ0v) is 19.1. The Morgan fingerprint density at radius 2 is 1.84 bits per heavy atom. The Morgan fingerprint density at radius 3 is 2.61 bits per heavy atom. The second-order valence-corrected chi connectivity index (χ2v) is 11.3. The van der Waals surface area contributed by atoms with E-state index < -0.39 is 0 Å². The zero-order chi connectivity index (χ0) is 21.6. The van der Waals surface area contributed by atoms with E-state index in [-0.39, 0.29) is 17.2 Å². The topological polar surface area (TPSA) is 58.2 Å². The van der Waals surface area contributed by atoms with Gasteiger partial charge in [-0.1, -0.05) is 37.7 Å². The molecule has 2 aromatic rings. The molecule has 162 valence electrons. The van der Waals surface area contributed by atoms with E-state index in [9.17, 15) is 9.59 Å². The fourth-order valence-corrected chi connectivity index (χ4v) is 7.17. The minimum atomic E-state index is -0.130. The van der Waals surface area contributed by atoms with Crippen molar-refractivity contribution in [3.05, 3.63) is 53.6 Å². The van der Waals surface area contributed by atoms with Crippen LogP contribution in [0.25, 0.3) is 0 Å². The molecule has 2 saturated carbocycles. The van der Waals surface area contributed by atoms with Gasteiger partial charge in [-0.3, -0.25) is 9.59 Å². The molecule has 2 aromatic carbocycles. The predicted molar refractivity (Wildman–Crippen MR) is 125 cm³/mol. The summed E-state index contributed by atoms with van der Waals surface area (Å²) in [5.41, 5.74) is 2.14. The molecule has 2 N–H and O–H groups in total. The van der Waals surface area contributed by atoms with Gasteiger partial charge < -0.3 is 10.6 Å². The highest BCUT2D eigenvalue weighted by atomic mass is 32.2. The summed E-state index contributed by atoms with van der Waals surface area (Å²) in [6.07, 6.45) is 6.47. The van der Waals surface area contributed by atoms with Gasteiger partial charge in [-0.15, -0.1) is 0 Å². The maximum absolute atomic E-state index is 13.0. The molecule has 2 aliphatic carbocycles. The molecule has 2 unspecified atom stereocenters. The van der Waals surface area contributed by atoms with Crippen LogP contribution in [0.2, 0.25) is 0 Å². The number of fused-ring (bicyclic) bond motifs is 4. The van der Waals surface area contributed by atoms with Gasteiger partial charge in [0.1, 0.15) is 0 Å². The summed E-state index contributed by atoms with van der Waals surface area (Å²) in [6, 6.07) is 13.2. The van der Waals surface area contributed by atoms with Crippen molar-refractivity contribution >= 4 is 29.3 Å². The van der Waals surface area contributed by atoms with Gasteiger partial charge in [-0.05, 0) is 85.6 Å². The van der Waals surface area contributed by atoms with Crippen LogP contribution in [-0.2, 0) is 0 Å². The summed E-state index contributed by atoms with van der Waals surface area (Å²) >= 11 is 1.56. The Balaban J connectivity index is 1.28. The minimum absolute atomic E-state index is 0.0610. The number of carbonyl (C=O) groups excluding carboxylic acids is 2. The monoisotopic (exact) mass is 434 g/mol. The molecule has 2 atom stereocenters. The van der Waals surface area contributed by atoms with E-state index in [4.69, 9.17) is 0 Å². The van der Waals surface area contributed by atoms with Crippen molar-refractivity contribution in [2.75, 3.05) is 11.9 Å². The molecule has 5 rings (SSSR count). The first-order valence-electron chi connectivity index (χ1n) is 11.4. The Kier molecular flexibility index (Phi) is 5.33. The molecule has 2 bridgehead atoms. The van der Waals surface area contributed by atoms with Crippen LogP contribution in [0.3, 0.4) is 0 Å². The van der Waals surface area contributed by atoms with Crippen LogP contribution >= 0.6 is 11.8 Å². The van der Waals surface area contributed by atoms with E-state index in [1.807, 2.05) is 36.4 Å². The van der Waals surface area contributed by atoms with Crippen LogP contribution in [-0.4, -0.2) is 18.4 Å². The number of carbonyl (C=O) groups is 2. The Hall–Kier alpha value is -2.27. The minimum Gasteiger partial charge on any atom is -0.351 e. The lowest BCUT2D eigenvalue weighted by Crippen LogP contribution is -2.43. The maximum atomic E-state index is 13.0. The molecule has 0 saturated heterocycles. The van der Waals surface area contributed by atoms with Crippen molar-refractivity contribution in [3.8, 4) is 0 Å². The van der Waals surface area contributed by atoms with Gasteiger partial charge in [0.25, 0.3) is 11.8 Å². The second kappa shape index (κ2) is 8.01. The number of hydrogen-bond acceptors (Lipinski definition) is 3. The summed E-state index contributed by atoms with van der Waals surface area (Å²) in [7, 11) is 0. The van der Waals surface area contributed by atoms with Gasteiger partial charge in [0.15, 0.2) is 0 Å². The van der Waals surface area contributed by atoms with Crippen molar-refractivity contribution in [1.82, 2.24) is 5.32 Å². The van der Waals surface area contributed by atoms with Crippen LogP contribution in [0, 0.1) is 23.2 Å². The molecule has 0 radical (unpaired) electrons. The van der Waals surface area contributed by atoms with E-state index in [1.165, 1.54) is 32.1 Å². The van der Waals surface area contributed by atoms with Gasteiger partial charge >= 0.3 is 0 Å². The Labute approximate surface area is 188 Å². The third-order valence-corrected chi connectivity index (χ3v) is 8.37. The number of anilines is 1. The van der Waals surface area contributed by atoms with Crippen molar-refractivity contribution in [3.63, 3.8) is 0 Å². The Morgan fingerprint density at radius 1 is 1.10 bits per heavy atom. The molecule has 1 heterocycles. The molecular weight excluding hydrogens is 404 g/mol. The molecule has 0 aromatic heterocycles. The van der Waals surface area contributed by atoms with Crippen molar-refractivity contribution < 1.29 is 9.59 Å². The molecular formula is C26H30N2O2S. The third-order valence-electron chi connectivity index (χ3n) is 7.22. The molecule has 3 aliphatic rings. The lowest BCUT2D eigenvalue weighted by Gasteiger charge is -2.47. The fourth-order valence-electron chi connectivity index (χ4n) is 6.16. The summed E-state index contributed by atoms with van der Waals surface area (Å²) < 4.78 is 0. The number of nitrogens with one attached hydrogen (secondary N) is 2. The summed E-state index contributed by atoms with van der Waals surface area (Å²) in [4.78, 5) is 27.5. The van der Waals surface area contributed by atoms with Gasteiger partial charge in [0.2, 0.25) is 0 Å². The van der Waals surface area contributed by atoms with E-state index >= 15 is 0 Å². The number of benzene rings is 2. The van der Waals surface area contributed by atoms with Gasteiger partial charge in [-0.2, -0.15) is 0 Å². The third kappa shape index (κ3) is 4.25. The first-order chi connectivity index (χ1) is 14.9. The quantitative estimate of drug-likeness (QED) is 0.624. The van der Waals surface area contributed by atoms with Crippen LogP contribution in [0.1, 0.15) is 66.7 Å². The Bertz CT molecular complexity index is 1020. The van der Waals surface area contributed by atoms with E-state index in [2.05, 4.69) is 24.5 Å². The lowest BCUT2D eigenvalue weighted by molar-refractivity contribution is 0.0448. The van der Waals surface area contributed by atoms with Crippen LogP contribution < -0.4 is 10.6 Å². The molecule has 4 nitrogen and oxygen atoms in total. The molecule has 1 aliphatic heterocycles.